The highest BCUT2D eigenvalue weighted by atomic mass is 15.3. The van der Waals surface area contributed by atoms with Crippen LogP contribution in [-0.4, -0.2) is 25.0 Å². The molecule has 80 valence electrons. The molecule has 2 heterocycles. The Morgan fingerprint density at radius 2 is 2.20 bits per heavy atom. The number of rotatable bonds is 3. The predicted octanol–water partition coefficient (Wildman–Crippen LogP) is 1.56. The summed E-state index contributed by atoms with van der Waals surface area (Å²) in [5.74, 6) is 1.55. The third kappa shape index (κ3) is 1.77. The number of H-pyrrole nitrogens is 1. The monoisotopic (exact) mass is 205 g/mol. The van der Waals surface area contributed by atoms with Crippen LogP contribution in [0.3, 0.4) is 0 Å². The van der Waals surface area contributed by atoms with E-state index >= 15 is 0 Å². The Hall–Kier alpha value is -1.65. The maximum absolute atomic E-state index is 4.46. The van der Waals surface area contributed by atoms with Gasteiger partial charge >= 0.3 is 0 Å². The van der Waals surface area contributed by atoms with E-state index < -0.39 is 0 Å². The van der Waals surface area contributed by atoms with E-state index in [1.165, 1.54) is 0 Å². The summed E-state index contributed by atoms with van der Waals surface area (Å²) >= 11 is 0. The lowest BCUT2D eigenvalue weighted by atomic mass is 10.3. The van der Waals surface area contributed by atoms with Gasteiger partial charge in [-0.2, -0.15) is 10.2 Å². The maximum atomic E-state index is 4.46. The van der Waals surface area contributed by atoms with Gasteiger partial charge in [-0.1, -0.05) is 6.92 Å². The number of aryl methyl sites for hydroxylation is 3. The van der Waals surface area contributed by atoms with E-state index in [4.69, 9.17) is 0 Å². The van der Waals surface area contributed by atoms with Gasteiger partial charge < -0.3 is 0 Å². The van der Waals surface area contributed by atoms with Crippen molar-refractivity contribution in [2.75, 3.05) is 0 Å². The summed E-state index contributed by atoms with van der Waals surface area (Å²) in [6.07, 6.45) is 0.934. The van der Waals surface area contributed by atoms with E-state index in [0.29, 0.717) is 0 Å². The van der Waals surface area contributed by atoms with E-state index in [1.54, 1.807) is 0 Å². The molecule has 0 bridgehead atoms. The third-order valence-electron chi connectivity index (χ3n) is 2.32. The Bertz CT molecular complexity index is 454. The van der Waals surface area contributed by atoms with E-state index in [0.717, 1.165) is 36.0 Å². The van der Waals surface area contributed by atoms with Crippen LogP contribution in [0.2, 0.25) is 0 Å². The van der Waals surface area contributed by atoms with Gasteiger partial charge in [-0.3, -0.25) is 9.78 Å². The van der Waals surface area contributed by atoms with Gasteiger partial charge in [-0.15, -0.1) is 0 Å². The van der Waals surface area contributed by atoms with Crippen molar-refractivity contribution in [2.24, 2.45) is 0 Å². The summed E-state index contributed by atoms with van der Waals surface area (Å²) in [6.45, 7) is 6.89. The molecular weight excluding hydrogens is 190 g/mol. The SMILES string of the molecule is CCc1cc(-c2n[nH]c(C)n2)n(CC)n1. The van der Waals surface area contributed by atoms with Crippen LogP contribution in [0.1, 0.15) is 25.4 Å². The molecule has 2 aromatic heterocycles. The fraction of sp³-hybridized carbons (Fsp3) is 0.500. The highest BCUT2D eigenvalue weighted by molar-refractivity contribution is 5.49. The number of hydrogen-bond acceptors (Lipinski definition) is 3. The maximum Gasteiger partial charge on any atom is 0.199 e. The molecule has 0 unspecified atom stereocenters. The van der Waals surface area contributed by atoms with Crippen LogP contribution >= 0.6 is 0 Å². The van der Waals surface area contributed by atoms with Gasteiger partial charge in [0.2, 0.25) is 0 Å². The van der Waals surface area contributed by atoms with Crippen LogP contribution in [0.4, 0.5) is 0 Å². The van der Waals surface area contributed by atoms with Gasteiger partial charge in [-0.05, 0) is 26.3 Å². The van der Waals surface area contributed by atoms with Gasteiger partial charge in [-0.25, -0.2) is 4.98 Å². The minimum Gasteiger partial charge on any atom is -0.263 e. The van der Waals surface area contributed by atoms with Crippen LogP contribution in [-0.2, 0) is 13.0 Å². The molecule has 0 fully saturated rings. The van der Waals surface area contributed by atoms with Crippen molar-refractivity contribution in [2.45, 2.75) is 33.7 Å². The lowest BCUT2D eigenvalue weighted by Gasteiger charge is -1.98. The Morgan fingerprint density at radius 1 is 1.40 bits per heavy atom. The second kappa shape index (κ2) is 3.84. The number of nitrogens with zero attached hydrogens (tertiary/aromatic N) is 4. The zero-order chi connectivity index (χ0) is 10.8. The van der Waals surface area contributed by atoms with Crippen LogP contribution in [0.5, 0.6) is 0 Å². The molecule has 0 spiro atoms. The van der Waals surface area contributed by atoms with Gasteiger partial charge in [0.05, 0.1) is 5.69 Å². The minimum atomic E-state index is 0.724. The van der Waals surface area contributed by atoms with Crippen LogP contribution in [0.15, 0.2) is 6.07 Å². The molecule has 0 aliphatic heterocycles. The molecule has 1 N–H and O–H groups in total. The number of aromatic amines is 1. The summed E-state index contributed by atoms with van der Waals surface area (Å²) in [5.41, 5.74) is 2.06. The smallest absolute Gasteiger partial charge is 0.199 e. The van der Waals surface area contributed by atoms with Gasteiger partial charge in [0.15, 0.2) is 5.82 Å². The largest absolute Gasteiger partial charge is 0.263 e. The fourth-order valence-electron chi connectivity index (χ4n) is 1.52. The second-order valence-corrected chi connectivity index (χ2v) is 3.43. The molecule has 5 heteroatoms. The topological polar surface area (TPSA) is 59.4 Å². The molecule has 0 saturated carbocycles. The quantitative estimate of drug-likeness (QED) is 0.827. The minimum absolute atomic E-state index is 0.724. The average Bonchev–Trinajstić information content (AvgIpc) is 2.82. The summed E-state index contributed by atoms with van der Waals surface area (Å²) < 4.78 is 1.93. The molecule has 0 aromatic carbocycles. The highest BCUT2D eigenvalue weighted by Crippen LogP contribution is 2.16. The van der Waals surface area contributed by atoms with Crippen molar-refractivity contribution < 1.29 is 0 Å². The standard InChI is InChI=1S/C10H15N5/c1-4-8-6-9(15(5-2)14-8)10-11-7(3)12-13-10/h6H,4-5H2,1-3H3,(H,11,12,13). The summed E-state index contributed by atoms with van der Waals surface area (Å²) in [6, 6.07) is 2.05. The van der Waals surface area contributed by atoms with Gasteiger partial charge in [0.25, 0.3) is 0 Å². The predicted molar refractivity (Wildman–Crippen MR) is 57.4 cm³/mol. The average molecular weight is 205 g/mol. The van der Waals surface area contributed by atoms with Crippen molar-refractivity contribution in [1.29, 1.82) is 0 Å². The summed E-state index contributed by atoms with van der Waals surface area (Å²) in [7, 11) is 0. The van der Waals surface area contributed by atoms with Gasteiger partial charge in [0.1, 0.15) is 11.5 Å². The van der Waals surface area contributed by atoms with E-state index in [-0.39, 0.29) is 0 Å². The first-order chi connectivity index (χ1) is 7.24. The molecule has 5 nitrogen and oxygen atoms in total. The Kier molecular flexibility index (Phi) is 2.53. The van der Waals surface area contributed by atoms with Crippen LogP contribution in [0.25, 0.3) is 11.5 Å². The molecule has 0 amide bonds. The van der Waals surface area contributed by atoms with Crippen molar-refractivity contribution in [3.8, 4) is 11.5 Å². The molecule has 0 aliphatic carbocycles. The van der Waals surface area contributed by atoms with E-state index in [2.05, 4.69) is 34.1 Å². The lowest BCUT2D eigenvalue weighted by Crippen LogP contribution is -2.00. The number of nitrogens with one attached hydrogen (secondary N) is 1. The molecule has 0 radical (unpaired) electrons. The fourth-order valence-corrected chi connectivity index (χ4v) is 1.52. The normalized spacial score (nSPS) is 10.9. The molecule has 15 heavy (non-hydrogen) atoms. The zero-order valence-corrected chi connectivity index (χ0v) is 9.28. The first-order valence-corrected chi connectivity index (χ1v) is 5.20. The molecule has 2 rings (SSSR count). The summed E-state index contributed by atoms with van der Waals surface area (Å²) in [4.78, 5) is 4.31. The molecule has 0 atom stereocenters. The zero-order valence-electron chi connectivity index (χ0n) is 9.28. The van der Waals surface area contributed by atoms with E-state index in [1.807, 2.05) is 17.7 Å². The number of hydrogen-bond donors (Lipinski definition) is 1. The van der Waals surface area contributed by atoms with E-state index in [9.17, 15) is 0 Å². The first kappa shape index (κ1) is 9.89. The molecule has 0 saturated heterocycles. The third-order valence-corrected chi connectivity index (χ3v) is 2.32. The lowest BCUT2D eigenvalue weighted by molar-refractivity contribution is 0.652. The van der Waals surface area contributed by atoms with Crippen molar-refractivity contribution in [3.63, 3.8) is 0 Å². The second-order valence-electron chi connectivity index (χ2n) is 3.43. The number of aromatic nitrogens is 5. The van der Waals surface area contributed by atoms with Crippen molar-refractivity contribution >= 4 is 0 Å². The van der Waals surface area contributed by atoms with Crippen LogP contribution < -0.4 is 0 Å². The van der Waals surface area contributed by atoms with Crippen molar-refractivity contribution in [3.05, 3.63) is 17.6 Å². The Labute approximate surface area is 88.5 Å². The summed E-state index contributed by atoms with van der Waals surface area (Å²) in [5, 5.41) is 11.4. The molecule has 2 aromatic rings. The highest BCUT2D eigenvalue weighted by Gasteiger charge is 2.11. The first-order valence-electron chi connectivity index (χ1n) is 5.20. The Balaban J connectivity index is 2.46. The molecule has 0 aliphatic rings. The van der Waals surface area contributed by atoms with Crippen molar-refractivity contribution in [1.82, 2.24) is 25.0 Å². The van der Waals surface area contributed by atoms with Gasteiger partial charge in [0, 0.05) is 6.54 Å². The molecular formula is C10H15N5. The Morgan fingerprint density at radius 3 is 2.73 bits per heavy atom. The van der Waals surface area contributed by atoms with Crippen LogP contribution in [0, 0.1) is 6.92 Å².